The summed E-state index contributed by atoms with van der Waals surface area (Å²) in [5, 5.41) is 4.61. The molecule has 2 nitrogen and oxygen atoms in total. The molecule has 17 heavy (non-hydrogen) atoms. The van der Waals surface area contributed by atoms with Crippen molar-refractivity contribution in [2.24, 2.45) is 5.92 Å². The van der Waals surface area contributed by atoms with Gasteiger partial charge in [0.25, 0.3) is 0 Å². The molecule has 88 valence electrons. The van der Waals surface area contributed by atoms with Gasteiger partial charge in [-0.05, 0) is 37.0 Å². The van der Waals surface area contributed by atoms with Crippen molar-refractivity contribution in [2.45, 2.75) is 25.7 Å². The first-order chi connectivity index (χ1) is 8.42. The van der Waals surface area contributed by atoms with Crippen molar-refractivity contribution < 1.29 is 0 Å². The fraction of sp³-hybridized carbons (Fsp3) is 0.400. The van der Waals surface area contributed by atoms with Gasteiger partial charge in [-0.15, -0.1) is 0 Å². The summed E-state index contributed by atoms with van der Waals surface area (Å²) < 4.78 is 0. The Hall–Kier alpha value is -1.57. The Morgan fingerprint density at radius 3 is 2.88 bits per heavy atom. The van der Waals surface area contributed by atoms with Crippen LogP contribution in [0.1, 0.15) is 25.7 Å². The fourth-order valence-electron chi connectivity index (χ4n) is 2.18. The Bertz CT molecular complexity index is 503. The molecule has 0 bridgehead atoms. The molecule has 0 saturated heterocycles. The number of pyridine rings is 1. The molecule has 1 aromatic heterocycles. The monoisotopic (exact) mass is 226 g/mol. The largest absolute Gasteiger partial charge is 0.370 e. The lowest BCUT2D eigenvalue weighted by Crippen LogP contribution is -2.03. The first-order valence-corrected chi connectivity index (χ1v) is 6.51. The molecule has 0 amide bonds. The molecule has 0 aliphatic heterocycles. The van der Waals surface area contributed by atoms with Crippen molar-refractivity contribution in [3.8, 4) is 0 Å². The third kappa shape index (κ3) is 2.76. The van der Waals surface area contributed by atoms with Crippen molar-refractivity contribution in [1.29, 1.82) is 0 Å². The number of aromatic nitrogens is 1. The molecular formula is C15H18N2. The maximum absolute atomic E-state index is 4.60. The minimum Gasteiger partial charge on any atom is -0.370 e. The fourth-order valence-corrected chi connectivity index (χ4v) is 2.18. The molecule has 1 heterocycles. The van der Waals surface area contributed by atoms with Crippen LogP contribution in [0.25, 0.3) is 10.9 Å². The number of nitrogens with one attached hydrogen (secondary N) is 1. The van der Waals surface area contributed by atoms with Crippen molar-refractivity contribution in [3.63, 3.8) is 0 Å². The molecule has 0 radical (unpaired) electrons. The van der Waals surface area contributed by atoms with E-state index >= 15 is 0 Å². The minimum absolute atomic E-state index is 1.000. The molecule has 1 aliphatic carbocycles. The number of nitrogens with zero attached hydrogens (tertiary/aromatic N) is 1. The predicted octanol–water partition coefficient (Wildman–Crippen LogP) is 3.84. The lowest BCUT2D eigenvalue weighted by molar-refractivity contribution is 0.686. The van der Waals surface area contributed by atoms with Crippen LogP contribution in [-0.4, -0.2) is 11.5 Å². The summed E-state index contributed by atoms with van der Waals surface area (Å²) in [7, 11) is 0. The first-order valence-electron chi connectivity index (χ1n) is 6.51. The minimum atomic E-state index is 1.000. The third-order valence-electron chi connectivity index (χ3n) is 3.39. The summed E-state index contributed by atoms with van der Waals surface area (Å²) in [5.41, 5.74) is 1.07. The zero-order valence-corrected chi connectivity index (χ0v) is 10.0. The molecule has 1 N–H and O–H groups in total. The predicted molar refractivity (Wildman–Crippen MR) is 72.2 cm³/mol. The molecule has 0 unspecified atom stereocenters. The van der Waals surface area contributed by atoms with Gasteiger partial charge in [0.15, 0.2) is 0 Å². The van der Waals surface area contributed by atoms with E-state index in [1.807, 2.05) is 12.1 Å². The van der Waals surface area contributed by atoms with E-state index in [1.165, 1.54) is 31.1 Å². The summed E-state index contributed by atoms with van der Waals surface area (Å²) >= 11 is 0. The molecule has 0 spiro atoms. The van der Waals surface area contributed by atoms with Crippen LogP contribution >= 0.6 is 0 Å². The van der Waals surface area contributed by atoms with E-state index < -0.39 is 0 Å². The molecule has 0 atom stereocenters. The van der Waals surface area contributed by atoms with Gasteiger partial charge in [-0.25, -0.2) is 4.98 Å². The smallest absolute Gasteiger partial charge is 0.126 e. The second-order valence-electron chi connectivity index (χ2n) is 4.90. The Kier molecular flexibility index (Phi) is 2.95. The Morgan fingerprint density at radius 2 is 2.00 bits per heavy atom. The van der Waals surface area contributed by atoms with Crippen LogP contribution in [0.4, 0.5) is 5.82 Å². The molecule has 3 rings (SSSR count). The van der Waals surface area contributed by atoms with Crippen molar-refractivity contribution in [1.82, 2.24) is 4.98 Å². The van der Waals surface area contributed by atoms with Crippen LogP contribution < -0.4 is 5.32 Å². The van der Waals surface area contributed by atoms with Crippen molar-refractivity contribution in [3.05, 3.63) is 36.4 Å². The van der Waals surface area contributed by atoms with Gasteiger partial charge in [-0.1, -0.05) is 31.0 Å². The third-order valence-corrected chi connectivity index (χ3v) is 3.39. The van der Waals surface area contributed by atoms with Gasteiger partial charge in [0.2, 0.25) is 0 Å². The van der Waals surface area contributed by atoms with Crippen molar-refractivity contribution >= 4 is 16.7 Å². The summed E-state index contributed by atoms with van der Waals surface area (Å²) in [6, 6.07) is 12.4. The van der Waals surface area contributed by atoms with Crippen LogP contribution in [0.15, 0.2) is 36.4 Å². The van der Waals surface area contributed by atoms with E-state index in [9.17, 15) is 0 Å². The standard InChI is InChI=1S/C15H18N2/c1-2-6-14-13(5-1)9-10-15(17-14)16-11-3-4-12-7-8-12/h1-2,5-6,9-10,12H,3-4,7-8,11H2,(H,16,17). The van der Waals surface area contributed by atoms with Gasteiger partial charge in [-0.2, -0.15) is 0 Å². The van der Waals surface area contributed by atoms with Crippen LogP contribution in [0, 0.1) is 5.92 Å². The molecule has 2 heteroatoms. The maximum atomic E-state index is 4.60. The maximum Gasteiger partial charge on any atom is 0.126 e. The number of hydrogen-bond acceptors (Lipinski definition) is 2. The highest BCUT2D eigenvalue weighted by atomic mass is 15.0. The van der Waals surface area contributed by atoms with E-state index in [4.69, 9.17) is 0 Å². The quantitative estimate of drug-likeness (QED) is 0.783. The highest BCUT2D eigenvalue weighted by Gasteiger charge is 2.19. The molecule has 1 aromatic carbocycles. The van der Waals surface area contributed by atoms with Crippen LogP contribution in [0.5, 0.6) is 0 Å². The van der Waals surface area contributed by atoms with E-state index in [-0.39, 0.29) is 0 Å². The normalized spacial score (nSPS) is 15.1. The second-order valence-corrected chi connectivity index (χ2v) is 4.90. The number of anilines is 1. The van der Waals surface area contributed by atoms with Crippen LogP contribution in [0.3, 0.4) is 0 Å². The topological polar surface area (TPSA) is 24.9 Å². The highest BCUT2D eigenvalue weighted by molar-refractivity contribution is 5.79. The van der Waals surface area contributed by atoms with Crippen molar-refractivity contribution in [2.75, 3.05) is 11.9 Å². The molecular weight excluding hydrogens is 208 g/mol. The van der Waals surface area contributed by atoms with Gasteiger partial charge < -0.3 is 5.32 Å². The molecule has 1 fully saturated rings. The molecule has 1 saturated carbocycles. The number of benzene rings is 1. The molecule has 2 aromatic rings. The lowest BCUT2D eigenvalue weighted by atomic mass is 10.2. The number of para-hydroxylation sites is 1. The summed E-state index contributed by atoms with van der Waals surface area (Å²) in [6.45, 7) is 1.04. The summed E-state index contributed by atoms with van der Waals surface area (Å²) in [6.07, 6.45) is 5.54. The second kappa shape index (κ2) is 4.74. The Morgan fingerprint density at radius 1 is 1.12 bits per heavy atom. The first kappa shape index (κ1) is 10.6. The Labute approximate surface area is 102 Å². The number of hydrogen-bond donors (Lipinski definition) is 1. The summed E-state index contributed by atoms with van der Waals surface area (Å²) in [5.74, 6) is 2.03. The van der Waals surface area contributed by atoms with Gasteiger partial charge >= 0.3 is 0 Å². The summed E-state index contributed by atoms with van der Waals surface area (Å²) in [4.78, 5) is 4.60. The zero-order valence-electron chi connectivity index (χ0n) is 10.0. The number of rotatable bonds is 5. The van der Waals surface area contributed by atoms with E-state index in [0.29, 0.717) is 0 Å². The highest BCUT2D eigenvalue weighted by Crippen LogP contribution is 2.33. The van der Waals surface area contributed by atoms with E-state index in [1.54, 1.807) is 0 Å². The van der Waals surface area contributed by atoms with Gasteiger partial charge in [0, 0.05) is 11.9 Å². The number of fused-ring (bicyclic) bond motifs is 1. The molecule has 1 aliphatic rings. The van der Waals surface area contributed by atoms with E-state index in [0.717, 1.165) is 23.8 Å². The van der Waals surface area contributed by atoms with Crippen LogP contribution in [-0.2, 0) is 0 Å². The lowest BCUT2D eigenvalue weighted by Gasteiger charge is -2.06. The average Bonchev–Trinajstić information content (AvgIpc) is 3.18. The van der Waals surface area contributed by atoms with Gasteiger partial charge in [-0.3, -0.25) is 0 Å². The SMILES string of the molecule is c1ccc2nc(NCCCC3CC3)ccc2c1. The average molecular weight is 226 g/mol. The van der Waals surface area contributed by atoms with E-state index in [2.05, 4.69) is 34.6 Å². The Balaban J connectivity index is 1.59. The van der Waals surface area contributed by atoms with Gasteiger partial charge in [0.05, 0.1) is 5.52 Å². The zero-order chi connectivity index (χ0) is 11.5. The van der Waals surface area contributed by atoms with Crippen LogP contribution in [0.2, 0.25) is 0 Å². The van der Waals surface area contributed by atoms with Gasteiger partial charge in [0.1, 0.15) is 5.82 Å².